The normalized spacial score (nSPS) is 10.7. The summed E-state index contributed by atoms with van der Waals surface area (Å²) in [5.74, 6) is -1.83. The van der Waals surface area contributed by atoms with Crippen LogP contribution in [0, 0.1) is 22.1 Å². The van der Waals surface area contributed by atoms with Gasteiger partial charge in [0.1, 0.15) is 10.5 Å². The summed E-state index contributed by atoms with van der Waals surface area (Å²) >= 11 is 3.47. The molecule has 0 fully saturated rings. The number of aromatic nitrogens is 2. The lowest BCUT2D eigenvalue weighted by molar-refractivity contribution is 0.512. The highest BCUT2D eigenvalue weighted by molar-refractivity contribution is 14.1. The van der Waals surface area contributed by atoms with Gasteiger partial charge in [-0.1, -0.05) is 11.3 Å². The molecule has 3 nitrogen and oxygen atoms in total. The molecule has 0 radical (unpaired) electrons. The highest BCUT2D eigenvalue weighted by Gasteiger charge is 2.17. The van der Waals surface area contributed by atoms with Gasteiger partial charge in [0.25, 0.3) is 0 Å². The zero-order valence-electron chi connectivity index (χ0n) is 11.4. The zero-order chi connectivity index (χ0) is 15.7. The fourth-order valence-corrected chi connectivity index (χ4v) is 3.28. The number of hydrogen-bond acceptors (Lipinski definition) is 4. The number of nitrogens with one attached hydrogen (secondary N) is 1. The van der Waals surface area contributed by atoms with Crippen LogP contribution in [-0.4, -0.2) is 10.2 Å². The van der Waals surface area contributed by atoms with E-state index < -0.39 is 11.6 Å². The first kappa shape index (κ1) is 15.3. The molecule has 22 heavy (non-hydrogen) atoms. The van der Waals surface area contributed by atoms with Gasteiger partial charge in [0.15, 0.2) is 11.6 Å². The molecule has 1 N–H and O–H groups in total. The van der Waals surface area contributed by atoms with Crippen LogP contribution in [0.3, 0.4) is 0 Å². The third kappa shape index (κ3) is 2.95. The third-order valence-corrected chi connectivity index (χ3v) is 4.53. The molecular weight excluding hydrogens is 419 g/mol. The first-order valence-corrected chi connectivity index (χ1v) is 8.30. The second kappa shape index (κ2) is 6.25. The van der Waals surface area contributed by atoms with Crippen molar-refractivity contribution >= 4 is 45.3 Å². The van der Waals surface area contributed by atoms with Gasteiger partial charge < -0.3 is 5.32 Å². The summed E-state index contributed by atoms with van der Waals surface area (Å²) in [5, 5.41) is 11.2. The molecule has 7 heteroatoms. The number of aryl methyl sites for hydroxylation is 1. The predicted molar refractivity (Wildman–Crippen MR) is 92.4 cm³/mol. The van der Waals surface area contributed by atoms with Crippen molar-refractivity contribution in [2.45, 2.75) is 6.92 Å². The number of hydrogen-bond donors (Lipinski definition) is 1. The van der Waals surface area contributed by atoms with Crippen LogP contribution in [0.4, 0.5) is 20.2 Å². The van der Waals surface area contributed by atoms with Gasteiger partial charge in [-0.05, 0) is 65.4 Å². The first-order valence-electron chi connectivity index (χ1n) is 6.34. The minimum absolute atomic E-state index is 0.0704. The fraction of sp³-hybridized carbons (Fsp3) is 0.0667. The van der Waals surface area contributed by atoms with Crippen molar-refractivity contribution in [3.05, 3.63) is 56.6 Å². The Hall–Kier alpha value is -1.61. The number of benzene rings is 2. The fourth-order valence-electron chi connectivity index (χ4n) is 2.04. The average Bonchev–Trinajstić information content (AvgIpc) is 3.00. The van der Waals surface area contributed by atoms with Crippen LogP contribution in [0.1, 0.15) is 5.56 Å². The van der Waals surface area contributed by atoms with Crippen LogP contribution in [-0.2, 0) is 0 Å². The topological polar surface area (TPSA) is 37.8 Å². The highest BCUT2D eigenvalue weighted by atomic mass is 127. The Balaban J connectivity index is 2.11. The van der Waals surface area contributed by atoms with Crippen molar-refractivity contribution in [2.75, 3.05) is 5.32 Å². The van der Waals surface area contributed by atoms with Gasteiger partial charge in [0.2, 0.25) is 0 Å². The van der Waals surface area contributed by atoms with Gasteiger partial charge in [-0.25, -0.2) is 8.78 Å². The maximum Gasteiger partial charge on any atom is 0.182 e. The van der Waals surface area contributed by atoms with Crippen LogP contribution in [0.25, 0.3) is 10.6 Å². The lowest BCUT2D eigenvalue weighted by atomic mass is 10.1. The second-order valence-corrected chi connectivity index (χ2v) is 6.69. The van der Waals surface area contributed by atoms with Gasteiger partial charge in [-0.3, -0.25) is 0 Å². The summed E-state index contributed by atoms with van der Waals surface area (Å²) < 4.78 is 29.0. The zero-order valence-corrected chi connectivity index (χ0v) is 14.4. The smallest absolute Gasteiger partial charge is 0.182 e. The van der Waals surface area contributed by atoms with Crippen LogP contribution in [0.15, 0.2) is 35.8 Å². The first-order chi connectivity index (χ1) is 10.6. The molecule has 0 bridgehead atoms. The van der Waals surface area contributed by atoms with Gasteiger partial charge in [0.05, 0.1) is 5.69 Å². The molecule has 1 aromatic heterocycles. The summed E-state index contributed by atoms with van der Waals surface area (Å²) in [6, 6.07) is 8.30. The number of halogens is 3. The molecule has 1 heterocycles. The summed E-state index contributed by atoms with van der Waals surface area (Å²) in [4.78, 5) is 0. The van der Waals surface area contributed by atoms with Crippen molar-refractivity contribution in [1.82, 2.24) is 10.2 Å². The van der Waals surface area contributed by atoms with Crippen molar-refractivity contribution in [1.29, 1.82) is 0 Å². The second-order valence-electron chi connectivity index (χ2n) is 4.61. The predicted octanol–water partition coefficient (Wildman–Crippen LogP) is 5.14. The quantitative estimate of drug-likeness (QED) is 0.586. The van der Waals surface area contributed by atoms with E-state index in [1.807, 2.05) is 25.1 Å². The van der Waals surface area contributed by atoms with Gasteiger partial charge in [0, 0.05) is 14.8 Å². The van der Waals surface area contributed by atoms with Crippen LogP contribution < -0.4 is 5.32 Å². The lowest BCUT2D eigenvalue weighted by Gasteiger charge is -2.14. The highest BCUT2D eigenvalue weighted by Crippen LogP contribution is 2.35. The molecule has 0 saturated heterocycles. The molecule has 0 aliphatic carbocycles. The largest absolute Gasteiger partial charge is 0.352 e. The van der Waals surface area contributed by atoms with Gasteiger partial charge >= 0.3 is 0 Å². The Morgan fingerprint density at radius 2 is 2.00 bits per heavy atom. The summed E-state index contributed by atoms with van der Waals surface area (Å²) in [6.07, 6.45) is 0. The third-order valence-electron chi connectivity index (χ3n) is 3.13. The van der Waals surface area contributed by atoms with E-state index in [9.17, 15) is 8.78 Å². The SMILES string of the molecule is Cc1cc(I)ccc1Nc1c(-c2nncs2)ccc(F)c1F. The Kier molecular flexibility index (Phi) is 4.34. The molecule has 0 saturated carbocycles. The van der Waals surface area contributed by atoms with Crippen molar-refractivity contribution in [3.8, 4) is 10.6 Å². The number of rotatable bonds is 3. The molecule has 0 atom stereocenters. The van der Waals surface area contributed by atoms with Crippen molar-refractivity contribution < 1.29 is 8.78 Å². The molecule has 0 aliphatic heterocycles. The van der Waals surface area contributed by atoms with E-state index in [1.165, 1.54) is 17.4 Å². The Labute approximate surface area is 143 Å². The summed E-state index contributed by atoms with van der Waals surface area (Å²) in [7, 11) is 0. The molecule has 0 aliphatic rings. The monoisotopic (exact) mass is 429 g/mol. The van der Waals surface area contributed by atoms with E-state index in [0.717, 1.165) is 20.9 Å². The van der Waals surface area contributed by atoms with Crippen LogP contribution >= 0.6 is 33.9 Å². The van der Waals surface area contributed by atoms with Crippen molar-refractivity contribution in [2.24, 2.45) is 0 Å². The minimum Gasteiger partial charge on any atom is -0.352 e. The van der Waals surface area contributed by atoms with Crippen LogP contribution in [0.5, 0.6) is 0 Å². The molecule has 3 rings (SSSR count). The van der Waals surface area contributed by atoms with Gasteiger partial charge in [-0.15, -0.1) is 10.2 Å². The maximum atomic E-state index is 14.3. The van der Waals surface area contributed by atoms with Crippen LogP contribution in [0.2, 0.25) is 0 Å². The number of nitrogens with zero attached hydrogens (tertiary/aromatic N) is 2. The van der Waals surface area contributed by atoms with E-state index in [4.69, 9.17) is 0 Å². The number of anilines is 2. The maximum absolute atomic E-state index is 14.3. The molecule has 0 amide bonds. The van der Waals surface area contributed by atoms with E-state index in [2.05, 4.69) is 38.1 Å². The Morgan fingerprint density at radius 1 is 1.18 bits per heavy atom. The summed E-state index contributed by atoms with van der Waals surface area (Å²) in [5.41, 5.74) is 3.77. The van der Waals surface area contributed by atoms with Crippen molar-refractivity contribution in [3.63, 3.8) is 0 Å². The molecular formula is C15H10F2IN3S. The van der Waals surface area contributed by atoms with Gasteiger partial charge in [-0.2, -0.15) is 0 Å². The Morgan fingerprint density at radius 3 is 2.68 bits per heavy atom. The molecule has 0 unspecified atom stereocenters. The summed E-state index contributed by atoms with van der Waals surface area (Å²) in [6.45, 7) is 1.91. The van der Waals surface area contributed by atoms with E-state index in [-0.39, 0.29) is 5.69 Å². The van der Waals surface area contributed by atoms with E-state index in [1.54, 1.807) is 5.51 Å². The average molecular weight is 429 g/mol. The van der Waals surface area contributed by atoms with E-state index in [0.29, 0.717) is 10.6 Å². The molecule has 0 spiro atoms. The molecule has 2 aromatic carbocycles. The van der Waals surface area contributed by atoms with E-state index >= 15 is 0 Å². The molecule has 3 aromatic rings. The Bertz CT molecular complexity index is 822. The molecule has 112 valence electrons. The standard InChI is InChI=1S/C15H10F2IN3S/c1-8-6-9(18)2-5-12(8)20-14-10(15-21-19-7-22-15)3-4-11(16)13(14)17/h2-7,20H,1H3. The minimum atomic E-state index is -0.925. The lowest BCUT2D eigenvalue weighted by Crippen LogP contribution is -2.01.